The zero-order chi connectivity index (χ0) is 19.2. The fourth-order valence-corrected chi connectivity index (χ4v) is 3.15. The van der Waals surface area contributed by atoms with Gasteiger partial charge < -0.3 is 19.1 Å². The summed E-state index contributed by atoms with van der Waals surface area (Å²) in [5.41, 5.74) is 1.18. The SMILES string of the molecule is CCCn1c(C)ccc(-c2noc(CCC(=O)NCC3CCCO3)n2)c1=O. The number of aromatic nitrogens is 3. The molecule has 0 aromatic carbocycles. The van der Waals surface area contributed by atoms with Crippen LogP contribution in [0, 0.1) is 6.92 Å². The molecule has 1 N–H and O–H groups in total. The second-order valence-corrected chi connectivity index (χ2v) is 6.80. The molecule has 0 radical (unpaired) electrons. The molecule has 0 bridgehead atoms. The highest BCUT2D eigenvalue weighted by Crippen LogP contribution is 2.14. The van der Waals surface area contributed by atoms with E-state index in [9.17, 15) is 9.59 Å². The van der Waals surface area contributed by atoms with Crippen molar-refractivity contribution < 1.29 is 14.1 Å². The second kappa shape index (κ2) is 8.94. The minimum absolute atomic E-state index is 0.0779. The van der Waals surface area contributed by atoms with E-state index < -0.39 is 0 Å². The summed E-state index contributed by atoms with van der Waals surface area (Å²) >= 11 is 0. The Bertz CT molecular complexity index is 836. The maximum atomic E-state index is 12.6. The summed E-state index contributed by atoms with van der Waals surface area (Å²) in [6.45, 7) is 5.87. The average Bonchev–Trinajstić information content (AvgIpc) is 3.33. The molecule has 0 saturated carbocycles. The van der Waals surface area contributed by atoms with Crippen molar-refractivity contribution in [2.75, 3.05) is 13.2 Å². The lowest BCUT2D eigenvalue weighted by molar-refractivity contribution is -0.121. The van der Waals surface area contributed by atoms with Crippen LogP contribution in [0.15, 0.2) is 21.5 Å². The third-order valence-corrected chi connectivity index (χ3v) is 4.67. The highest BCUT2D eigenvalue weighted by molar-refractivity contribution is 5.76. The predicted molar refractivity (Wildman–Crippen MR) is 99.3 cm³/mol. The minimum atomic E-state index is -0.126. The largest absolute Gasteiger partial charge is 0.376 e. The summed E-state index contributed by atoms with van der Waals surface area (Å²) in [5.74, 6) is 0.532. The van der Waals surface area contributed by atoms with Crippen molar-refractivity contribution >= 4 is 5.91 Å². The standard InChI is InChI=1S/C19H26N4O4/c1-3-10-23-13(2)6-7-15(19(23)25)18-21-17(27-22-18)9-8-16(24)20-12-14-5-4-11-26-14/h6-7,14H,3-5,8-12H2,1-2H3,(H,20,24). The fourth-order valence-electron chi connectivity index (χ4n) is 3.15. The normalized spacial score (nSPS) is 16.6. The lowest BCUT2D eigenvalue weighted by Gasteiger charge is -2.10. The Hall–Kier alpha value is -2.48. The van der Waals surface area contributed by atoms with Gasteiger partial charge in [-0.3, -0.25) is 9.59 Å². The van der Waals surface area contributed by atoms with Gasteiger partial charge in [-0.2, -0.15) is 4.98 Å². The zero-order valence-electron chi connectivity index (χ0n) is 15.9. The Morgan fingerprint density at radius 1 is 1.41 bits per heavy atom. The first-order chi connectivity index (χ1) is 13.1. The molecule has 3 heterocycles. The van der Waals surface area contributed by atoms with Crippen molar-refractivity contribution in [1.29, 1.82) is 0 Å². The van der Waals surface area contributed by atoms with Crippen LogP contribution < -0.4 is 10.9 Å². The summed E-state index contributed by atoms with van der Waals surface area (Å²) < 4.78 is 12.4. The molecule has 3 rings (SSSR count). The number of amides is 1. The van der Waals surface area contributed by atoms with Crippen LogP contribution in [-0.2, 0) is 22.5 Å². The maximum absolute atomic E-state index is 12.6. The molecule has 0 spiro atoms. The van der Waals surface area contributed by atoms with E-state index in [1.54, 1.807) is 10.6 Å². The maximum Gasteiger partial charge on any atom is 0.261 e. The van der Waals surface area contributed by atoms with Crippen LogP contribution in [0.25, 0.3) is 11.4 Å². The van der Waals surface area contributed by atoms with Crippen LogP contribution >= 0.6 is 0 Å². The van der Waals surface area contributed by atoms with Gasteiger partial charge in [0.25, 0.3) is 5.56 Å². The van der Waals surface area contributed by atoms with E-state index in [4.69, 9.17) is 9.26 Å². The Balaban J connectivity index is 1.59. The van der Waals surface area contributed by atoms with Crippen molar-refractivity contribution in [3.05, 3.63) is 34.1 Å². The number of ether oxygens (including phenoxy) is 1. The molecule has 1 saturated heterocycles. The number of pyridine rings is 1. The second-order valence-electron chi connectivity index (χ2n) is 6.80. The molecule has 27 heavy (non-hydrogen) atoms. The minimum Gasteiger partial charge on any atom is -0.376 e. The summed E-state index contributed by atoms with van der Waals surface area (Å²) in [4.78, 5) is 28.9. The first-order valence-electron chi connectivity index (χ1n) is 9.50. The lowest BCUT2D eigenvalue weighted by Crippen LogP contribution is -2.31. The third kappa shape index (κ3) is 4.82. The van der Waals surface area contributed by atoms with Crippen LogP contribution in [0.4, 0.5) is 0 Å². The highest BCUT2D eigenvalue weighted by atomic mass is 16.5. The lowest BCUT2D eigenvalue weighted by atomic mass is 10.2. The van der Waals surface area contributed by atoms with Crippen molar-refractivity contribution in [2.45, 2.75) is 58.6 Å². The number of carbonyl (C=O) groups is 1. The fraction of sp³-hybridized carbons (Fsp3) is 0.579. The molecule has 1 amide bonds. The number of rotatable bonds is 8. The van der Waals surface area contributed by atoms with E-state index in [1.807, 2.05) is 19.9 Å². The van der Waals surface area contributed by atoms with Crippen LogP contribution in [0.5, 0.6) is 0 Å². The van der Waals surface area contributed by atoms with Crippen molar-refractivity contribution in [3.8, 4) is 11.4 Å². The number of carbonyl (C=O) groups excluding carboxylic acids is 1. The van der Waals surface area contributed by atoms with Gasteiger partial charge in [0, 0.05) is 38.2 Å². The van der Waals surface area contributed by atoms with Gasteiger partial charge in [-0.25, -0.2) is 0 Å². The molecule has 146 valence electrons. The zero-order valence-corrected chi connectivity index (χ0v) is 15.9. The van der Waals surface area contributed by atoms with Gasteiger partial charge in [0.1, 0.15) is 0 Å². The predicted octanol–water partition coefficient (Wildman–Crippen LogP) is 1.84. The molecule has 8 heteroatoms. The Kier molecular flexibility index (Phi) is 6.39. The number of nitrogens with one attached hydrogen (secondary N) is 1. The van der Waals surface area contributed by atoms with Gasteiger partial charge >= 0.3 is 0 Å². The summed E-state index contributed by atoms with van der Waals surface area (Å²) in [7, 11) is 0. The van der Waals surface area contributed by atoms with Gasteiger partial charge in [-0.1, -0.05) is 12.1 Å². The van der Waals surface area contributed by atoms with Crippen molar-refractivity contribution in [3.63, 3.8) is 0 Å². The molecular formula is C19H26N4O4. The highest BCUT2D eigenvalue weighted by Gasteiger charge is 2.17. The van der Waals surface area contributed by atoms with E-state index in [2.05, 4.69) is 15.5 Å². The Morgan fingerprint density at radius 3 is 3.00 bits per heavy atom. The molecule has 1 unspecified atom stereocenters. The molecule has 1 fully saturated rings. The number of hydrogen-bond acceptors (Lipinski definition) is 6. The smallest absolute Gasteiger partial charge is 0.261 e. The van der Waals surface area contributed by atoms with Crippen LogP contribution in [-0.4, -0.2) is 39.9 Å². The van der Waals surface area contributed by atoms with Crippen LogP contribution in [0.3, 0.4) is 0 Å². The Morgan fingerprint density at radius 2 is 2.26 bits per heavy atom. The molecule has 1 atom stereocenters. The molecule has 1 aliphatic rings. The van der Waals surface area contributed by atoms with E-state index in [1.165, 1.54) is 0 Å². The van der Waals surface area contributed by atoms with E-state index in [-0.39, 0.29) is 29.8 Å². The number of hydrogen-bond donors (Lipinski definition) is 1. The molecule has 0 aliphatic carbocycles. The van der Waals surface area contributed by atoms with E-state index >= 15 is 0 Å². The van der Waals surface area contributed by atoms with Crippen molar-refractivity contribution in [2.24, 2.45) is 0 Å². The van der Waals surface area contributed by atoms with Crippen LogP contribution in [0.1, 0.15) is 44.2 Å². The van der Waals surface area contributed by atoms with Gasteiger partial charge in [0.2, 0.25) is 17.6 Å². The average molecular weight is 374 g/mol. The molecular weight excluding hydrogens is 348 g/mol. The monoisotopic (exact) mass is 374 g/mol. The van der Waals surface area contributed by atoms with Gasteiger partial charge in [0.15, 0.2) is 0 Å². The van der Waals surface area contributed by atoms with Crippen molar-refractivity contribution in [1.82, 2.24) is 20.0 Å². The van der Waals surface area contributed by atoms with Gasteiger partial charge in [-0.15, -0.1) is 0 Å². The molecule has 2 aromatic rings. The molecule has 2 aromatic heterocycles. The van der Waals surface area contributed by atoms with Gasteiger partial charge in [0.05, 0.1) is 11.7 Å². The molecule has 1 aliphatic heterocycles. The number of nitrogens with zero attached hydrogens (tertiary/aromatic N) is 3. The van der Waals surface area contributed by atoms with Gasteiger partial charge in [-0.05, 0) is 38.3 Å². The number of aryl methyl sites for hydroxylation is 2. The first-order valence-corrected chi connectivity index (χ1v) is 9.50. The topological polar surface area (TPSA) is 99.2 Å². The molecule has 8 nitrogen and oxygen atoms in total. The Labute approximate surface area is 157 Å². The quantitative estimate of drug-likeness (QED) is 0.757. The summed E-state index contributed by atoms with van der Waals surface area (Å²) in [6, 6.07) is 3.59. The van der Waals surface area contributed by atoms with Crippen LogP contribution in [0.2, 0.25) is 0 Å². The van der Waals surface area contributed by atoms with E-state index in [0.29, 0.717) is 31.0 Å². The summed E-state index contributed by atoms with van der Waals surface area (Å²) in [6.07, 6.45) is 3.60. The first kappa shape index (κ1) is 19.3. The third-order valence-electron chi connectivity index (χ3n) is 4.67. The van der Waals surface area contributed by atoms with E-state index in [0.717, 1.165) is 31.6 Å². The summed E-state index contributed by atoms with van der Waals surface area (Å²) in [5, 5.41) is 6.78.